The van der Waals surface area contributed by atoms with Crippen LogP contribution in [0, 0.1) is 17.0 Å². The van der Waals surface area contributed by atoms with Gasteiger partial charge in [-0.25, -0.2) is 0 Å². The molecule has 0 radical (unpaired) electrons. The van der Waals surface area contributed by atoms with E-state index in [1.54, 1.807) is 26.0 Å². The van der Waals surface area contributed by atoms with Crippen molar-refractivity contribution in [2.45, 2.75) is 20.5 Å². The van der Waals surface area contributed by atoms with Crippen LogP contribution < -0.4 is 0 Å². The van der Waals surface area contributed by atoms with Crippen molar-refractivity contribution in [3.63, 3.8) is 0 Å². The first-order chi connectivity index (χ1) is 10.1. The van der Waals surface area contributed by atoms with Gasteiger partial charge in [-0.3, -0.25) is 10.1 Å². The summed E-state index contributed by atoms with van der Waals surface area (Å²) in [5.41, 5.74) is 3.02. The number of benzene rings is 2. The highest BCUT2D eigenvalue weighted by Gasteiger charge is 2.12. The van der Waals surface area contributed by atoms with Crippen LogP contribution in [0.5, 0.6) is 0 Å². The molecule has 0 heterocycles. The fraction of sp³-hybridized carbons (Fsp3) is 0.188. The van der Waals surface area contributed by atoms with E-state index in [1.807, 2.05) is 30.3 Å². The van der Waals surface area contributed by atoms with Gasteiger partial charge in [-0.1, -0.05) is 47.6 Å². The summed E-state index contributed by atoms with van der Waals surface area (Å²) in [5.74, 6) is 0. The number of nitrogens with zero attached hydrogens (tertiary/aromatic N) is 2. The molecule has 0 atom stereocenters. The van der Waals surface area contributed by atoms with Crippen LogP contribution in [-0.2, 0) is 11.4 Å². The van der Waals surface area contributed by atoms with Crippen LogP contribution in [0.4, 0.5) is 5.69 Å². The van der Waals surface area contributed by atoms with E-state index < -0.39 is 4.92 Å². The second-order valence-electron chi connectivity index (χ2n) is 4.69. The minimum atomic E-state index is -0.392. The molecule has 0 aromatic heterocycles. The smallest absolute Gasteiger partial charge is 0.272 e. The third-order valence-electron chi connectivity index (χ3n) is 3.10. The summed E-state index contributed by atoms with van der Waals surface area (Å²) in [7, 11) is 0. The molecular formula is C16H16N2O3. The zero-order chi connectivity index (χ0) is 15.2. The Morgan fingerprint density at radius 2 is 1.95 bits per heavy atom. The van der Waals surface area contributed by atoms with Gasteiger partial charge in [0.15, 0.2) is 0 Å². The Hall–Kier alpha value is -2.69. The van der Waals surface area contributed by atoms with Crippen molar-refractivity contribution in [3.05, 3.63) is 75.3 Å². The number of hydrogen-bond acceptors (Lipinski definition) is 4. The molecule has 0 unspecified atom stereocenters. The van der Waals surface area contributed by atoms with Gasteiger partial charge in [0.05, 0.1) is 10.6 Å². The summed E-state index contributed by atoms with van der Waals surface area (Å²) < 4.78 is 0. The van der Waals surface area contributed by atoms with Crippen LogP contribution in [0.2, 0.25) is 0 Å². The number of hydrogen-bond donors (Lipinski definition) is 0. The molecule has 0 spiro atoms. The SMILES string of the molecule is C/C(=N\OCc1ccccc1)c1ccc(C)c([N+](=O)[O-])c1. The maximum absolute atomic E-state index is 10.9. The third kappa shape index (κ3) is 3.89. The van der Waals surface area contributed by atoms with Gasteiger partial charge in [-0.05, 0) is 19.4 Å². The molecule has 2 rings (SSSR count). The molecule has 5 heteroatoms. The van der Waals surface area contributed by atoms with Crippen LogP contribution in [-0.4, -0.2) is 10.6 Å². The van der Waals surface area contributed by atoms with Crippen molar-refractivity contribution in [1.29, 1.82) is 0 Å². The maximum Gasteiger partial charge on any atom is 0.272 e. The molecule has 0 aliphatic rings. The van der Waals surface area contributed by atoms with E-state index in [9.17, 15) is 10.1 Å². The first-order valence-corrected chi connectivity index (χ1v) is 6.54. The lowest BCUT2D eigenvalue weighted by Crippen LogP contribution is -2.00. The second-order valence-corrected chi connectivity index (χ2v) is 4.69. The van der Waals surface area contributed by atoms with Crippen molar-refractivity contribution in [2.24, 2.45) is 5.16 Å². The fourth-order valence-electron chi connectivity index (χ4n) is 1.86. The molecule has 0 aliphatic carbocycles. The fourth-order valence-corrected chi connectivity index (χ4v) is 1.86. The normalized spacial score (nSPS) is 11.2. The lowest BCUT2D eigenvalue weighted by atomic mass is 10.1. The van der Waals surface area contributed by atoms with Crippen molar-refractivity contribution in [3.8, 4) is 0 Å². The molecule has 0 fully saturated rings. The summed E-state index contributed by atoms with van der Waals surface area (Å²) in [6, 6.07) is 14.7. The van der Waals surface area contributed by atoms with Gasteiger partial charge in [0, 0.05) is 17.2 Å². The minimum absolute atomic E-state index is 0.0881. The molecule has 0 amide bonds. The number of nitro groups is 1. The average Bonchev–Trinajstić information content (AvgIpc) is 2.48. The summed E-state index contributed by atoms with van der Waals surface area (Å²) in [4.78, 5) is 15.8. The molecule has 0 N–H and O–H groups in total. The summed E-state index contributed by atoms with van der Waals surface area (Å²) in [5, 5.41) is 14.9. The molecule has 0 saturated heterocycles. The summed E-state index contributed by atoms with van der Waals surface area (Å²) >= 11 is 0. The van der Waals surface area contributed by atoms with E-state index in [4.69, 9.17) is 4.84 Å². The van der Waals surface area contributed by atoms with Crippen molar-refractivity contribution >= 4 is 11.4 Å². The first kappa shape index (κ1) is 14.7. The Morgan fingerprint density at radius 3 is 2.62 bits per heavy atom. The Kier molecular flexibility index (Phi) is 4.66. The van der Waals surface area contributed by atoms with Gasteiger partial charge in [-0.2, -0.15) is 0 Å². The molecule has 21 heavy (non-hydrogen) atoms. The van der Waals surface area contributed by atoms with Gasteiger partial charge in [-0.15, -0.1) is 0 Å². The van der Waals surface area contributed by atoms with Crippen LogP contribution in [0.1, 0.15) is 23.6 Å². The number of oxime groups is 1. The van der Waals surface area contributed by atoms with Crippen LogP contribution >= 0.6 is 0 Å². The molecule has 0 saturated carbocycles. The van der Waals surface area contributed by atoms with E-state index in [-0.39, 0.29) is 5.69 Å². The van der Waals surface area contributed by atoms with Crippen LogP contribution in [0.3, 0.4) is 0 Å². The van der Waals surface area contributed by atoms with Crippen LogP contribution in [0.25, 0.3) is 0 Å². The molecule has 2 aromatic carbocycles. The van der Waals surface area contributed by atoms with Gasteiger partial charge >= 0.3 is 0 Å². The highest BCUT2D eigenvalue weighted by Crippen LogP contribution is 2.19. The zero-order valence-corrected chi connectivity index (χ0v) is 11.9. The monoisotopic (exact) mass is 284 g/mol. The Balaban J connectivity index is 2.09. The lowest BCUT2D eigenvalue weighted by Gasteiger charge is -2.04. The third-order valence-corrected chi connectivity index (χ3v) is 3.10. The number of aryl methyl sites for hydroxylation is 1. The van der Waals surface area contributed by atoms with Gasteiger partial charge in [0.2, 0.25) is 0 Å². The maximum atomic E-state index is 10.9. The van der Waals surface area contributed by atoms with Crippen molar-refractivity contribution < 1.29 is 9.76 Å². The topological polar surface area (TPSA) is 64.7 Å². The second kappa shape index (κ2) is 6.65. The Morgan fingerprint density at radius 1 is 1.24 bits per heavy atom. The van der Waals surface area contributed by atoms with E-state index in [2.05, 4.69) is 5.16 Å². The van der Waals surface area contributed by atoms with Crippen LogP contribution in [0.15, 0.2) is 53.7 Å². The molecule has 0 aliphatic heterocycles. The van der Waals surface area contributed by atoms with Crippen molar-refractivity contribution in [2.75, 3.05) is 0 Å². The van der Waals surface area contributed by atoms with E-state index in [1.165, 1.54) is 6.07 Å². The van der Waals surface area contributed by atoms with Gasteiger partial charge in [0.1, 0.15) is 6.61 Å². The minimum Gasteiger partial charge on any atom is -0.391 e. The predicted molar refractivity (Wildman–Crippen MR) is 81.3 cm³/mol. The van der Waals surface area contributed by atoms with Gasteiger partial charge in [0.25, 0.3) is 5.69 Å². The lowest BCUT2D eigenvalue weighted by molar-refractivity contribution is -0.385. The molecule has 5 nitrogen and oxygen atoms in total. The molecule has 0 bridgehead atoms. The van der Waals surface area contributed by atoms with E-state index in [0.29, 0.717) is 23.4 Å². The zero-order valence-electron chi connectivity index (χ0n) is 11.9. The van der Waals surface area contributed by atoms with Crippen molar-refractivity contribution in [1.82, 2.24) is 0 Å². The Labute approximate surface area is 123 Å². The first-order valence-electron chi connectivity index (χ1n) is 6.54. The summed E-state index contributed by atoms with van der Waals surface area (Å²) in [6.45, 7) is 3.84. The van der Waals surface area contributed by atoms with E-state index >= 15 is 0 Å². The number of rotatable bonds is 5. The molecular weight excluding hydrogens is 268 g/mol. The standard InChI is InChI=1S/C16H16N2O3/c1-12-8-9-15(10-16(12)18(19)20)13(2)17-21-11-14-6-4-3-5-7-14/h3-10H,11H2,1-2H3/b17-13+. The number of nitro benzene ring substituents is 1. The average molecular weight is 284 g/mol. The summed E-state index contributed by atoms with van der Waals surface area (Å²) in [6.07, 6.45) is 0. The molecule has 108 valence electrons. The van der Waals surface area contributed by atoms with Gasteiger partial charge < -0.3 is 4.84 Å². The van der Waals surface area contributed by atoms with E-state index in [0.717, 1.165) is 5.56 Å². The quantitative estimate of drug-likeness (QED) is 0.476. The predicted octanol–water partition coefficient (Wildman–Crippen LogP) is 3.84. The largest absolute Gasteiger partial charge is 0.391 e. The Bertz CT molecular complexity index is 666. The molecule has 2 aromatic rings. The highest BCUT2D eigenvalue weighted by molar-refractivity contribution is 5.98. The highest BCUT2D eigenvalue weighted by atomic mass is 16.6.